The second kappa shape index (κ2) is 7.29. The molecule has 3 aromatic rings. The smallest absolute Gasteiger partial charge is 0.267 e. The van der Waals surface area contributed by atoms with Crippen molar-refractivity contribution in [3.63, 3.8) is 0 Å². The van der Waals surface area contributed by atoms with Gasteiger partial charge in [0.1, 0.15) is 17.4 Å². The van der Waals surface area contributed by atoms with Crippen LogP contribution in [0.25, 0.3) is 11.0 Å². The standard InChI is InChI=1S/C19H23N5O2/c1-2-24-16(7-9-22-24)17-14(6-4-10-26-17)12-21-19(25)15-11-13-5-3-8-20-18(13)23-15/h3,5,7-9,11,14,17H,2,4,6,10,12H2,1H3,(H,20,23)(H,21,25)/t14-,17+/m0/s1. The van der Waals surface area contributed by atoms with E-state index in [2.05, 4.69) is 27.3 Å². The van der Waals surface area contributed by atoms with E-state index < -0.39 is 0 Å². The number of carbonyl (C=O) groups is 1. The molecule has 4 rings (SSSR count). The Morgan fingerprint density at radius 2 is 2.35 bits per heavy atom. The van der Waals surface area contributed by atoms with Crippen LogP contribution in [0.4, 0.5) is 0 Å². The van der Waals surface area contributed by atoms with Gasteiger partial charge >= 0.3 is 0 Å². The zero-order valence-corrected chi connectivity index (χ0v) is 14.8. The summed E-state index contributed by atoms with van der Waals surface area (Å²) in [6.45, 7) is 4.20. The number of carbonyl (C=O) groups excluding carboxylic acids is 1. The Kier molecular flexibility index (Phi) is 4.71. The molecule has 1 saturated heterocycles. The van der Waals surface area contributed by atoms with Gasteiger partial charge in [-0.15, -0.1) is 0 Å². The van der Waals surface area contributed by atoms with Crippen molar-refractivity contribution in [2.45, 2.75) is 32.4 Å². The summed E-state index contributed by atoms with van der Waals surface area (Å²) in [5, 5.41) is 8.33. The number of nitrogens with zero attached hydrogens (tertiary/aromatic N) is 3. The van der Waals surface area contributed by atoms with Gasteiger partial charge in [0.25, 0.3) is 5.91 Å². The summed E-state index contributed by atoms with van der Waals surface area (Å²) in [5.74, 6) is 0.119. The number of amides is 1. The van der Waals surface area contributed by atoms with Crippen LogP contribution >= 0.6 is 0 Å². The third kappa shape index (κ3) is 3.22. The summed E-state index contributed by atoms with van der Waals surface area (Å²) < 4.78 is 8.00. The molecule has 1 amide bonds. The number of aromatic nitrogens is 4. The molecule has 7 nitrogen and oxygen atoms in total. The zero-order chi connectivity index (χ0) is 17.9. The van der Waals surface area contributed by atoms with Gasteiger partial charge in [0, 0.05) is 43.4 Å². The highest BCUT2D eigenvalue weighted by Crippen LogP contribution is 2.33. The van der Waals surface area contributed by atoms with E-state index in [4.69, 9.17) is 4.74 Å². The van der Waals surface area contributed by atoms with Crippen LogP contribution in [0.2, 0.25) is 0 Å². The zero-order valence-electron chi connectivity index (χ0n) is 14.8. The number of nitrogens with one attached hydrogen (secondary N) is 2. The number of hydrogen-bond acceptors (Lipinski definition) is 4. The predicted molar refractivity (Wildman–Crippen MR) is 97.7 cm³/mol. The minimum Gasteiger partial charge on any atom is -0.372 e. The van der Waals surface area contributed by atoms with Crippen LogP contribution in [-0.2, 0) is 11.3 Å². The van der Waals surface area contributed by atoms with Crippen molar-refractivity contribution in [1.29, 1.82) is 0 Å². The second-order valence-electron chi connectivity index (χ2n) is 6.60. The van der Waals surface area contributed by atoms with Crippen molar-refractivity contribution in [2.24, 2.45) is 5.92 Å². The fourth-order valence-electron chi connectivity index (χ4n) is 3.63. The van der Waals surface area contributed by atoms with Gasteiger partial charge < -0.3 is 15.0 Å². The van der Waals surface area contributed by atoms with E-state index in [-0.39, 0.29) is 17.9 Å². The molecule has 0 bridgehead atoms. The highest BCUT2D eigenvalue weighted by atomic mass is 16.5. The highest BCUT2D eigenvalue weighted by molar-refractivity contribution is 5.97. The largest absolute Gasteiger partial charge is 0.372 e. The number of aryl methyl sites for hydroxylation is 1. The lowest BCUT2D eigenvalue weighted by molar-refractivity contribution is -0.0321. The molecule has 0 saturated carbocycles. The fraction of sp³-hybridized carbons (Fsp3) is 0.421. The van der Waals surface area contributed by atoms with Gasteiger partial charge in [0.2, 0.25) is 0 Å². The van der Waals surface area contributed by atoms with E-state index in [9.17, 15) is 4.79 Å². The predicted octanol–water partition coefficient (Wildman–Crippen LogP) is 2.68. The molecule has 3 aromatic heterocycles. The second-order valence-corrected chi connectivity index (χ2v) is 6.60. The maximum absolute atomic E-state index is 12.5. The molecule has 1 aliphatic rings. The van der Waals surface area contributed by atoms with Crippen LogP contribution in [0, 0.1) is 5.92 Å². The van der Waals surface area contributed by atoms with Crippen molar-refractivity contribution in [3.05, 3.63) is 48.0 Å². The normalized spacial score (nSPS) is 20.3. The molecule has 0 aromatic carbocycles. The van der Waals surface area contributed by atoms with Crippen molar-refractivity contribution in [2.75, 3.05) is 13.2 Å². The maximum atomic E-state index is 12.5. The number of aromatic amines is 1. The lowest BCUT2D eigenvalue weighted by atomic mass is 9.92. The lowest BCUT2D eigenvalue weighted by Crippen LogP contribution is -2.36. The van der Waals surface area contributed by atoms with Crippen molar-refractivity contribution < 1.29 is 9.53 Å². The van der Waals surface area contributed by atoms with E-state index in [1.165, 1.54) is 0 Å². The summed E-state index contributed by atoms with van der Waals surface area (Å²) >= 11 is 0. The van der Waals surface area contributed by atoms with Crippen molar-refractivity contribution in [1.82, 2.24) is 25.1 Å². The quantitative estimate of drug-likeness (QED) is 0.738. The van der Waals surface area contributed by atoms with Gasteiger partial charge in [-0.2, -0.15) is 5.10 Å². The molecule has 1 fully saturated rings. The summed E-state index contributed by atoms with van der Waals surface area (Å²) in [4.78, 5) is 19.9. The molecule has 26 heavy (non-hydrogen) atoms. The summed E-state index contributed by atoms with van der Waals surface area (Å²) in [5.41, 5.74) is 2.34. The molecule has 4 heterocycles. The van der Waals surface area contributed by atoms with E-state index in [0.29, 0.717) is 12.2 Å². The van der Waals surface area contributed by atoms with Crippen LogP contribution in [0.15, 0.2) is 36.7 Å². The Hall–Kier alpha value is -2.67. The van der Waals surface area contributed by atoms with Crippen LogP contribution in [0.5, 0.6) is 0 Å². The van der Waals surface area contributed by atoms with E-state index >= 15 is 0 Å². The third-order valence-electron chi connectivity index (χ3n) is 4.95. The van der Waals surface area contributed by atoms with E-state index in [0.717, 1.165) is 42.7 Å². The van der Waals surface area contributed by atoms with E-state index in [1.54, 1.807) is 6.20 Å². The molecule has 2 N–H and O–H groups in total. The number of pyridine rings is 1. The van der Waals surface area contributed by atoms with Gasteiger partial charge in [-0.3, -0.25) is 9.48 Å². The Labute approximate surface area is 151 Å². The van der Waals surface area contributed by atoms with Crippen LogP contribution < -0.4 is 5.32 Å². The first-order chi connectivity index (χ1) is 12.8. The summed E-state index contributed by atoms with van der Waals surface area (Å²) in [7, 11) is 0. The number of hydrogen-bond donors (Lipinski definition) is 2. The average Bonchev–Trinajstić information content (AvgIpc) is 3.32. The fourth-order valence-corrected chi connectivity index (χ4v) is 3.63. The molecule has 7 heteroatoms. The van der Waals surface area contributed by atoms with Crippen LogP contribution in [0.1, 0.15) is 42.1 Å². The maximum Gasteiger partial charge on any atom is 0.267 e. The molecule has 0 radical (unpaired) electrons. The highest BCUT2D eigenvalue weighted by Gasteiger charge is 2.30. The van der Waals surface area contributed by atoms with Gasteiger partial charge in [-0.05, 0) is 44.0 Å². The first kappa shape index (κ1) is 16.8. The molecule has 2 atom stereocenters. The monoisotopic (exact) mass is 353 g/mol. The van der Waals surface area contributed by atoms with Crippen molar-refractivity contribution in [3.8, 4) is 0 Å². The molecule has 1 aliphatic heterocycles. The van der Waals surface area contributed by atoms with Gasteiger partial charge in [-0.25, -0.2) is 4.98 Å². The minimum atomic E-state index is -0.115. The molecular formula is C19H23N5O2. The van der Waals surface area contributed by atoms with Gasteiger partial charge in [0.15, 0.2) is 0 Å². The lowest BCUT2D eigenvalue weighted by Gasteiger charge is -2.32. The number of fused-ring (bicyclic) bond motifs is 1. The Morgan fingerprint density at radius 1 is 1.42 bits per heavy atom. The number of ether oxygens (including phenoxy) is 1. The van der Waals surface area contributed by atoms with Gasteiger partial charge in [-0.1, -0.05) is 0 Å². The van der Waals surface area contributed by atoms with Crippen LogP contribution in [-0.4, -0.2) is 38.8 Å². The number of H-pyrrole nitrogens is 1. The Morgan fingerprint density at radius 3 is 3.19 bits per heavy atom. The molecule has 136 valence electrons. The number of rotatable bonds is 5. The minimum absolute atomic E-state index is 0.0316. The van der Waals surface area contributed by atoms with Gasteiger partial charge in [0.05, 0.1) is 5.69 Å². The summed E-state index contributed by atoms with van der Waals surface area (Å²) in [6, 6.07) is 7.64. The average molecular weight is 353 g/mol. The molecule has 0 unspecified atom stereocenters. The molecule has 0 aliphatic carbocycles. The Bertz CT molecular complexity index is 867. The third-order valence-corrected chi connectivity index (χ3v) is 4.95. The summed E-state index contributed by atoms with van der Waals surface area (Å²) in [6.07, 6.45) is 5.52. The topological polar surface area (TPSA) is 84.8 Å². The molecular weight excluding hydrogens is 330 g/mol. The Balaban J connectivity index is 1.45. The van der Waals surface area contributed by atoms with Crippen molar-refractivity contribution >= 4 is 16.9 Å². The van der Waals surface area contributed by atoms with E-state index in [1.807, 2.05) is 35.1 Å². The van der Waals surface area contributed by atoms with Crippen LogP contribution in [0.3, 0.4) is 0 Å². The molecule has 0 spiro atoms. The first-order valence-corrected chi connectivity index (χ1v) is 9.11. The first-order valence-electron chi connectivity index (χ1n) is 9.11. The SMILES string of the molecule is CCn1nccc1[C@@H]1OCCC[C@H]1CNC(=O)c1cc2cccnc2[nH]1.